The maximum absolute atomic E-state index is 12.9. The van der Waals surface area contributed by atoms with Crippen LogP contribution in [0.4, 0.5) is 0 Å². The molecule has 1 aromatic carbocycles. The van der Waals surface area contributed by atoms with E-state index in [9.17, 15) is 14.7 Å². The molecule has 1 aliphatic rings. The van der Waals surface area contributed by atoms with Gasteiger partial charge in [0, 0.05) is 43.6 Å². The van der Waals surface area contributed by atoms with Crippen molar-refractivity contribution in [2.45, 2.75) is 42.7 Å². The van der Waals surface area contributed by atoms with E-state index in [0.29, 0.717) is 25.1 Å². The summed E-state index contributed by atoms with van der Waals surface area (Å²) >= 11 is 1.60. The largest absolute Gasteiger partial charge is 0.391 e. The fourth-order valence-corrected chi connectivity index (χ4v) is 4.78. The highest BCUT2D eigenvalue weighted by atomic mass is 32.2. The normalized spacial score (nSPS) is 17.1. The van der Waals surface area contributed by atoms with E-state index in [2.05, 4.69) is 22.1 Å². The number of carbonyl (C=O) groups is 2. The molecule has 1 fully saturated rings. The Morgan fingerprint density at radius 3 is 2.88 bits per heavy atom. The van der Waals surface area contributed by atoms with Crippen LogP contribution in [0, 0.1) is 0 Å². The average molecular weight is 466 g/mol. The van der Waals surface area contributed by atoms with Gasteiger partial charge in [0.25, 0.3) is 5.91 Å². The van der Waals surface area contributed by atoms with E-state index >= 15 is 0 Å². The van der Waals surface area contributed by atoms with Crippen LogP contribution in [-0.2, 0) is 13.5 Å². The number of β-amino-alcohol motifs (C(OH)–C–C–N with tert-alkyl or cyclic N) is 1. The van der Waals surface area contributed by atoms with E-state index in [1.54, 1.807) is 35.1 Å². The number of likely N-dealkylation sites (tertiary alicyclic amines) is 1. The number of hydrogen-bond donors (Lipinski definition) is 1. The van der Waals surface area contributed by atoms with Crippen LogP contribution in [0.2, 0.25) is 0 Å². The number of hydrogen-bond acceptors (Lipinski definition) is 7. The number of carbonyl (C=O) groups excluding carboxylic acids is 2. The van der Waals surface area contributed by atoms with Gasteiger partial charge < -0.3 is 14.6 Å². The maximum atomic E-state index is 12.9. The number of aryl methyl sites for hydroxylation is 1. The third kappa shape index (κ3) is 5.66. The lowest BCUT2D eigenvalue weighted by molar-refractivity contribution is 0.0473. The third-order valence-electron chi connectivity index (χ3n) is 5.71. The molecule has 1 saturated heterocycles. The van der Waals surface area contributed by atoms with Crippen LogP contribution in [0.25, 0.3) is 0 Å². The highest BCUT2D eigenvalue weighted by Crippen LogP contribution is 2.33. The molecule has 0 spiro atoms. The van der Waals surface area contributed by atoms with E-state index in [0.717, 1.165) is 22.7 Å². The van der Waals surface area contributed by atoms with Crippen molar-refractivity contribution in [3.8, 4) is 0 Å². The number of piperidine rings is 1. The van der Waals surface area contributed by atoms with E-state index < -0.39 is 6.10 Å². The molecule has 3 aromatic rings. The molecule has 1 N–H and O–H groups in total. The van der Waals surface area contributed by atoms with Gasteiger partial charge in [0.05, 0.1) is 6.10 Å². The SMILES string of the molecule is C[C@H](Sc1nncn1C)c1cccc(CC(=O)c2cc(C(=O)N3CCC[C@H](O)C3)ccn2)c1. The van der Waals surface area contributed by atoms with E-state index in [1.807, 2.05) is 35.9 Å². The maximum Gasteiger partial charge on any atom is 0.254 e. The molecule has 33 heavy (non-hydrogen) atoms. The van der Waals surface area contributed by atoms with Gasteiger partial charge in [-0.25, -0.2) is 0 Å². The number of thioether (sulfide) groups is 1. The molecule has 0 bridgehead atoms. The first-order chi connectivity index (χ1) is 15.9. The first-order valence-corrected chi connectivity index (χ1v) is 11.8. The third-order valence-corrected chi connectivity index (χ3v) is 6.92. The van der Waals surface area contributed by atoms with Crippen LogP contribution in [0.1, 0.15) is 57.0 Å². The van der Waals surface area contributed by atoms with Crippen LogP contribution < -0.4 is 0 Å². The minimum atomic E-state index is -0.493. The van der Waals surface area contributed by atoms with Crippen LogP contribution >= 0.6 is 11.8 Å². The van der Waals surface area contributed by atoms with Crippen molar-refractivity contribution in [2.24, 2.45) is 7.05 Å². The monoisotopic (exact) mass is 465 g/mol. The van der Waals surface area contributed by atoms with E-state index in [1.165, 1.54) is 6.20 Å². The van der Waals surface area contributed by atoms with Gasteiger partial charge >= 0.3 is 0 Å². The lowest BCUT2D eigenvalue weighted by atomic mass is 10.0. The first-order valence-electron chi connectivity index (χ1n) is 11.0. The van der Waals surface area contributed by atoms with Gasteiger partial charge in [0.1, 0.15) is 12.0 Å². The highest BCUT2D eigenvalue weighted by Gasteiger charge is 2.24. The quantitative estimate of drug-likeness (QED) is 0.423. The first kappa shape index (κ1) is 23.1. The van der Waals surface area contributed by atoms with Crippen molar-refractivity contribution in [1.29, 1.82) is 0 Å². The molecule has 0 unspecified atom stereocenters. The number of aromatic nitrogens is 4. The molecule has 0 radical (unpaired) electrons. The summed E-state index contributed by atoms with van der Waals surface area (Å²) in [4.78, 5) is 31.6. The zero-order valence-electron chi connectivity index (χ0n) is 18.7. The van der Waals surface area contributed by atoms with Gasteiger partial charge in [0.2, 0.25) is 0 Å². The molecule has 2 atom stereocenters. The van der Waals surface area contributed by atoms with Gasteiger partial charge in [-0.1, -0.05) is 36.0 Å². The number of nitrogens with zero attached hydrogens (tertiary/aromatic N) is 5. The summed E-state index contributed by atoms with van der Waals surface area (Å²) < 4.78 is 1.87. The predicted molar refractivity (Wildman–Crippen MR) is 125 cm³/mol. The van der Waals surface area contributed by atoms with Crippen molar-refractivity contribution in [3.05, 3.63) is 71.3 Å². The number of aliphatic hydroxyl groups excluding tert-OH is 1. The van der Waals surface area contributed by atoms with Crippen LogP contribution in [0.5, 0.6) is 0 Å². The van der Waals surface area contributed by atoms with Crippen molar-refractivity contribution in [2.75, 3.05) is 13.1 Å². The van der Waals surface area contributed by atoms with Gasteiger partial charge in [-0.15, -0.1) is 10.2 Å². The number of ketones is 1. The summed E-state index contributed by atoms with van der Waals surface area (Å²) in [5, 5.41) is 18.9. The summed E-state index contributed by atoms with van der Waals surface area (Å²) in [5.41, 5.74) is 2.67. The highest BCUT2D eigenvalue weighted by molar-refractivity contribution is 7.99. The molecule has 172 valence electrons. The summed E-state index contributed by atoms with van der Waals surface area (Å²) in [6.07, 6.45) is 4.35. The zero-order valence-corrected chi connectivity index (χ0v) is 19.5. The summed E-state index contributed by atoms with van der Waals surface area (Å²) in [5.74, 6) is -0.323. The Hall–Kier alpha value is -3.04. The lowest BCUT2D eigenvalue weighted by Gasteiger charge is -2.30. The average Bonchev–Trinajstić information content (AvgIpc) is 3.23. The van der Waals surface area contributed by atoms with Crippen LogP contribution in [0.15, 0.2) is 54.1 Å². The molecule has 1 aliphatic heterocycles. The molecule has 2 aromatic heterocycles. The van der Waals surface area contributed by atoms with Crippen molar-refractivity contribution < 1.29 is 14.7 Å². The summed E-state index contributed by atoms with van der Waals surface area (Å²) in [7, 11) is 1.91. The fraction of sp³-hybridized carbons (Fsp3) is 0.375. The molecule has 1 amide bonds. The Bertz CT molecular complexity index is 1150. The van der Waals surface area contributed by atoms with Gasteiger partial charge in [-0.05, 0) is 43.0 Å². The second kappa shape index (κ2) is 10.3. The lowest BCUT2D eigenvalue weighted by Crippen LogP contribution is -2.42. The summed E-state index contributed by atoms with van der Waals surface area (Å²) in [6, 6.07) is 11.1. The summed E-state index contributed by atoms with van der Waals surface area (Å²) in [6.45, 7) is 3.02. The molecule has 4 rings (SSSR count). The molecular weight excluding hydrogens is 438 g/mol. The van der Waals surface area contributed by atoms with Gasteiger partial charge in [-0.2, -0.15) is 0 Å². The van der Waals surface area contributed by atoms with E-state index in [-0.39, 0.29) is 29.1 Å². The minimum absolute atomic E-state index is 0.141. The Kier molecular flexibility index (Phi) is 7.20. The van der Waals surface area contributed by atoms with Crippen molar-refractivity contribution in [3.63, 3.8) is 0 Å². The molecule has 8 nitrogen and oxygen atoms in total. The molecule has 3 heterocycles. The second-order valence-corrected chi connectivity index (χ2v) is 9.61. The Balaban J connectivity index is 1.44. The molecular formula is C24H27N5O3S. The number of pyridine rings is 1. The van der Waals surface area contributed by atoms with Gasteiger partial charge in [-0.3, -0.25) is 14.6 Å². The molecule has 0 aliphatic carbocycles. The molecule has 9 heteroatoms. The topological polar surface area (TPSA) is 101 Å². The number of benzene rings is 1. The van der Waals surface area contributed by atoms with Crippen LogP contribution in [-0.4, -0.2) is 60.6 Å². The molecule has 0 saturated carbocycles. The standard InChI is InChI=1S/C24H27N5O3S/c1-16(33-24-27-26-15-28(24)2)18-6-3-5-17(11-18)12-22(31)21-13-19(8-9-25-21)23(32)29-10-4-7-20(30)14-29/h3,5-6,8-9,11,13,15-16,20,30H,4,7,10,12,14H2,1-2H3/t16-,20-/m0/s1. The van der Waals surface area contributed by atoms with Gasteiger partial charge in [0.15, 0.2) is 10.9 Å². The number of rotatable bonds is 7. The Labute approximate surface area is 197 Å². The predicted octanol–water partition coefficient (Wildman–Crippen LogP) is 3.09. The van der Waals surface area contributed by atoms with Crippen LogP contribution in [0.3, 0.4) is 0 Å². The second-order valence-electron chi connectivity index (χ2n) is 8.31. The minimum Gasteiger partial charge on any atom is -0.391 e. The Morgan fingerprint density at radius 2 is 2.12 bits per heavy atom. The fourth-order valence-electron chi connectivity index (χ4n) is 3.88. The van der Waals surface area contributed by atoms with Crippen molar-refractivity contribution >= 4 is 23.5 Å². The zero-order chi connectivity index (χ0) is 23.4. The van der Waals surface area contributed by atoms with Crippen molar-refractivity contribution in [1.82, 2.24) is 24.6 Å². The Morgan fingerprint density at radius 1 is 1.27 bits per heavy atom. The number of amides is 1. The smallest absolute Gasteiger partial charge is 0.254 e. The van der Waals surface area contributed by atoms with E-state index in [4.69, 9.17) is 0 Å². The number of Topliss-reactive ketones (excluding diaryl/α,β-unsaturated/α-hetero) is 1. The number of aliphatic hydroxyl groups is 1.